The van der Waals surface area contributed by atoms with Gasteiger partial charge in [-0.3, -0.25) is 4.79 Å². The molecule has 6 rings (SSSR count). The van der Waals surface area contributed by atoms with Crippen LogP contribution in [0.25, 0.3) is 0 Å². The van der Waals surface area contributed by atoms with Crippen LogP contribution in [-0.2, 0) is 10.2 Å². The number of rotatable bonds is 3. The van der Waals surface area contributed by atoms with Crippen molar-refractivity contribution in [1.29, 1.82) is 0 Å². The van der Waals surface area contributed by atoms with E-state index >= 15 is 0 Å². The molecule has 4 aliphatic carbocycles. The highest BCUT2D eigenvalue weighted by molar-refractivity contribution is 5.84. The lowest BCUT2D eigenvalue weighted by Gasteiger charge is -2.65. The van der Waals surface area contributed by atoms with Gasteiger partial charge in [-0.25, -0.2) is 8.78 Å². The van der Waals surface area contributed by atoms with Crippen molar-refractivity contribution in [2.75, 3.05) is 13.1 Å². The molecular weight excluding hydrogens is 358 g/mol. The second-order valence-corrected chi connectivity index (χ2v) is 10.5. The van der Waals surface area contributed by atoms with Gasteiger partial charge in [0.05, 0.1) is 18.0 Å². The quantitative estimate of drug-likeness (QED) is 0.821. The van der Waals surface area contributed by atoms with Crippen LogP contribution in [0.5, 0.6) is 0 Å². The van der Waals surface area contributed by atoms with Crippen LogP contribution in [0.15, 0.2) is 30.3 Å². The molecule has 1 saturated heterocycles. The number of benzene rings is 1. The lowest BCUT2D eigenvalue weighted by Crippen LogP contribution is -2.65. The van der Waals surface area contributed by atoms with Crippen LogP contribution >= 0.6 is 0 Å². The van der Waals surface area contributed by atoms with Crippen LogP contribution in [-0.4, -0.2) is 31.0 Å². The van der Waals surface area contributed by atoms with Crippen LogP contribution in [0.2, 0.25) is 0 Å². The van der Waals surface area contributed by atoms with Crippen LogP contribution < -0.4 is 10.6 Å². The third kappa shape index (κ3) is 2.80. The van der Waals surface area contributed by atoms with Crippen molar-refractivity contribution in [3.8, 4) is 0 Å². The van der Waals surface area contributed by atoms with Crippen molar-refractivity contribution in [3.05, 3.63) is 35.9 Å². The maximum absolute atomic E-state index is 14.3. The minimum atomic E-state index is -2.88. The third-order valence-corrected chi connectivity index (χ3v) is 8.00. The molecule has 4 saturated carbocycles. The summed E-state index contributed by atoms with van der Waals surface area (Å²) in [6.45, 7) is 2.50. The summed E-state index contributed by atoms with van der Waals surface area (Å²) in [4.78, 5) is 13.5. The van der Waals surface area contributed by atoms with E-state index in [-0.39, 0.29) is 23.3 Å². The fourth-order valence-electron chi connectivity index (χ4n) is 7.61. The number of carbonyl (C=O) groups excluding carboxylic acids is 1. The number of nitrogens with one attached hydrogen (secondary N) is 2. The molecule has 5 fully saturated rings. The van der Waals surface area contributed by atoms with Crippen LogP contribution in [0, 0.1) is 16.7 Å². The Morgan fingerprint density at radius 3 is 2.61 bits per heavy atom. The first-order valence-electron chi connectivity index (χ1n) is 10.7. The summed E-state index contributed by atoms with van der Waals surface area (Å²) in [6.07, 6.45) is 6.20. The lowest BCUT2D eigenvalue weighted by molar-refractivity contribution is -0.164. The summed E-state index contributed by atoms with van der Waals surface area (Å²) in [6, 6.07) is 9.55. The Balaban J connectivity index is 1.47. The van der Waals surface area contributed by atoms with Gasteiger partial charge in [0.1, 0.15) is 0 Å². The summed E-state index contributed by atoms with van der Waals surface area (Å²) in [7, 11) is 0. The summed E-state index contributed by atoms with van der Waals surface area (Å²) in [5.41, 5.74) is 0.979. The molecule has 5 atom stereocenters. The van der Waals surface area contributed by atoms with Gasteiger partial charge in [0.25, 0.3) is 5.92 Å². The molecular formula is C23H30F2N2O. The van der Waals surface area contributed by atoms with E-state index in [2.05, 4.69) is 41.8 Å². The number of carbonyl (C=O) groups is 1. The van der Waals surface area contributed by atoms with Crippen LogP contribution in [0.3, 0.4) is 0 Å². The van der Waals surface area contributed by atoms with Crippen LogP contribution in [0.1, 0.15) is 57.4 Å². The zero-order chi connectivity index (χ0) is 19.6. The van der Waals surface area contributed by atoms with Crippen molar-refractivity contribution in [1.82, 2.24) is 10.6 Å². The topological polar surface area (TPSA) is 41.1 Å². The average Bonchev–Trinajstić information content (AvgIpc) is 2.62. The standard InChI is InChI=1S/C23H30F2N2O/c1-20-9-16-10-21(12-20,17-5-3-2-4-6-17)14-22(11-16,13-20)19(28)27-18-7-8-26-15-23(18,24)25/h2-6,16,18,26H,7-15H2,1H3,(H,27,28)/t16?,18?,20-,21-,22?/m1/s1. The van der Waals surface area contributed by atoms with E-state index in [1.165, 1.54) is 12.0 Å². The second-order valence-electron chi connectivity index (χ2n) is 10.5. The molecule has 1 aromatic rings. The molecule has 5 heteroatoms. The summed E-state index contributed by atoms with van der Waals surface area (Å²) >= 11 is 0. The molecule has 0 radical (unpaired) electrons. The summed E-state index contributed by atoms with van der Waals surface area (Å²) < 4.78 is 28.7. The van der Waals surface area contributed by atoms with E-state index in [9.17, 15) is 13.6 Å². The molecule has 5 aliphatic rings. The van der Waals surface area contributed by atoms with Gasteiger partial charge in [0, 0.05) is 0 Å². The van der Waals surface area contributed by atoms with Gasteiger partial charge in [-0.05, 0) is 73.8 Å². The maximum atomic E-state index is 14.3. The van der Waals surface area contributed by atoms with Crippen molar-refractivity contribution in [3.63, 3.8) is 0 Å². The normalized spacial score (nSPS) is 43.7. The Kier molecular flexibility index (Phi) is 3.98. The zero-order valence-electron chi connectivity index (χ0n) is 16.6. The molecule has 3 nitrogen and oxygen atoms in total. The smallest absolute Gasteiger partial charge is 0.280 e. The van der Waals surface area contributed by atoms with E-state index in [1.807, 2.05) is 6.07 Å². The molecule has 1 aliphatic heterocycles. The highest BCUT2D eigenvalue weighted by atomic mass is 19.3. The summed E-state index contributed by atoms with van der Waals surface area (Å²) in [5, 5.41) is 5.57. The van der Waals surface area contributed by atoms with Crippen molar-refractivity contribution >= 4 is 5.91 Å². The molecule has 1 heterocycles. The molecule has 2 N–H and O–H groups in total. The van der Waals surface area contributed by atoms with Gasteiger partial charge < -0.3 is 10.6 Å². The third-order valence-electron chi connectivity index (χ3n) is 8.00. The molecule has 0 spiro atoms. The molecule has 3 unspecified atom stereocenters. The first kappa shape index (κ1) is 18.5. The molecule has 0 aromatic heterocycles. The Labute approximate surface area is 165 Å². The lowest BCUT2D eigenvalue weighted by atomic mass is 9.38. The van der Waals surface area contributed by atoms with E-state index in [0.29, 0.717) is 18.9 Å². The van der Waals surface area contributed by atoms with Crippen molar-refractivity contribution in [2.24, 2.45) is 16.7 Å². The number of halogens is 2. The Hall–Kier alpha value is -1.49. The predicted octanol–water partition coefficient (Wildman–Crippen LogP) is 4.03. The zero-order valence-corrected chi connectivity index (χ0v) is 16.6. The molecule has 1 amide bonds. The van der Waals surface area contributed by atoms with Gasteiger partial charge in [0.15, 0.2) is 0 Å². The maximum Gasteiger partial charge on any atom is 0.280 e. The second kappa shape index (κ2) is 6.01. The van der Waals surface area contributed by atoms with Gasteiger partial charge in [-0.1, -0.05) is 37.3 Å². The van der Waals surface area contributed by atoms with Gasteiger partial charge >= 0.3 is 0 Å². The van der Waals surface area contributed by atoms with Crippen molar-refractivity contribution < 1.29 is 13.6 Å². The largest absolute Gasteiger partial charge is 0.347 e. The highest BCUT2D eigenvalue weighted by Crippen LogP contribution is 2.70. The Morgan fingerprint density at radius 2 is 1.89 bits per heavy atom. The Morgan fingerprint density at radius 1 is 1.11 bits per heavy atom. The van der Waals surface area contributed by atoms with Crippen molar-refractivity contribution in [2.45, 2.75) is 69.2 Å². The molecule has 4 bridgehead atoms. The van der Waals surface area contributed by atoms with E-state index in [1.54, 1.807) is 0 Å². The van der Waals surface area contributed by atoms with Gasteiger partial charge in [-0.2, -0.15) is 0 Å². The number of alkyl halides is 2. The van der Waals surface area contributed by atoms with Gasteiger partial charge in [-0.15, -0.1) is 0 Å². The van der Waals surface area contributed by atoms with E-state index < -0.39 is 17.4 Å². The molecule has 152 valence electrons. The monoisotopic (exact) mass is 388 g/mol. The Bertz CT molecular complexity index is 784. The minimum absolute atomic E-state index is 0.0173. The summed E-state index contributed by atoms with van der Waals surface area (Å²) in [5.74, 6) is -2.48. The van der Waals surface area contributed by atoms with E-state index in [0.717, 1.165) is 32.1 Å². The SMILES string of the molecule is C[C@]12CC3CC(C(=O)NC4CCNCC4(F)F)(C1)C[C@@](c1ccccc1)(C3)C2. The molecule has 1 aromatic carbocycles. The highest BCUT2D eigenvalue weighted by Gasteiger charge is 2.65. The first-order chi connectivity index (χ1) is 13.2. The molecule has 28 heavy (non-hydrogen) atoms. The van der Waals surface area contributed by atoms with E-state index in [4.69, 9.17) is 0 Å². The number of hydrogen-bond donors (Lipinski definition) is 2. The fraction of sp³-hybridized carbons (Fsp3) is 0.696. The fourth-order valence-corrected chi connectivity index (χ4v) is 7.61. The number of piperidine rings is 1. The number of amides is 1. The minimum Gasteiger partial charge on any atom is -0.347 e. The number of hydrogen-bond acceptors (Lipinski definition) is 2. The average molecular weight is 389 g/mol. The predicted molar refractivity (Wildman–Crippen MR) is 104 cm³/mol. The van der Waals surface area contributed by atoms with Crippen LogP contribution in [0.4, 0.5) is 8.78 Å². The first-order valence-corrected chi connectivity index (χ1v) is 10.7. The van der Waals surface area contributed by atoms with Gasteiger partial charge in [0.2, 0.25) is 5.91 Å².